The Hall–Kier alpha value is -1.31. The van der Waals surface area contributed by atoms with Crippen molar-refractivity contribution in [3.05, 3.63) is 30.1 Å². The maximum atomic E-state index is 11.6. The lowest BCUT2D eigenvalue weighted by molar-refractivity contribution is -0.668. The van der Waals surface area contributed by atoms with E-state index >= 15 is 0 Å². The summed E-state index contributed by atoms with van der Waals surface area (Å²) >= 11 is 0. The summed E-state index contributed by atoms with van der Waals surface area (Å²) in [4.78, 5) is 11.6. The zero-order valence-electron chi connectivity index (χ0n) is 15.9. The van der Waals surface area contributed by atoms with Gasteiger partial charge >= 0.3 is 6.09 Å². The molecule has 0 atom stereocenters. The first kappa shape index (κ1) is 21.7. The fourth-order valence-corrected chi connectivity index (χ4v) is 2.79. The second-order valence-electron chi connectivity index (χ2n) is 7.04. The summed E-state index contributed by atoms with van der Waals surface area (Å²) in [6, 6.07) is 6.64. The number of hydrogen-bond acceptors (Lipinski definition) is 2. The first-order chi connectivity index (χ1) is 11.3. The standard InChI is InChI=1S/C19H29N3O2.HI/c1-6-21-14-22(7-2)17-13-15(10-11-16(17)21)9-8-12-20-18(23)24-19(3,4)5;/h10-11,13-14H,6-9,12H2,1-5H3;1H. The molecule has 0 radical (unpaired) electrons. The van der Waals surface area contributed by atoms with Crippen LogP contribution < -0.4 is 33.9 Å². The number of fused-ring (bicyclic) bond motifs is 1. The van der Waals surface area contributed by atoms with E-state index in [1.54, 1.807) is 0 Å². The molecule has 1 amide bonds. The molecule has 2 aromatic rings. The highest BCUT2D eigenvalue weighted by molar-refractivity contribution is 5.72. The lowest BCUT2D eigenvalue weighted by Gasteiger charge is -2.19. The van der Waals surface area contributed by atoms with Gasteiger partial charge < -0.3 is 34.0 Å². The number of carbonyl (C=O) groups is 1. The van der Waals surface area contributed by atoms with Crippen molar-refractivity contribution in [2.75, 3.05) is 6.54 Å². The average molecular weight is 459 g/mol. The number of hydrogen-bond donors (Lipinski definition) is 1. The minimum Gasteiger partial charge on any atom is -1.00 e. The Labute approximate surface area is 167 Å². The summed E-state index contributed by atoms with van der Waals surface area (Å²) in [7, 11) is 0. The Morgan fingerprint density at radius 1 is 1.28 bits per heavy atom. The van der Waals surface area contributed by atoms with Gasteiger partial charge in [0.15, 0.2) is 11.0 Å². The van der Waals surface area contributed by atoms with E-state index in [1.165, 1.54) is 16.6 Å². The smallest absolute Gasteiger partial charge is 0.407 e. The van der Waals surface area contributed by atoms with Gasteiger partial charge in [-0.1, -0.05) is 6.07 Å². The van der Waals surface area contributed by atoms with Gasteiger partial charge in [-0.25, -0.2) is 13.9 Å². The number of aryl methyl sites for hydroxylation is 3. The first-order valence-corrected chi connectivity index (χ1v) is 8.82. The normalized spacial score (nSPS) is 11.2. The molecule has 0 saturated heterocycles. The van der Waals surface area contributed by atoms with Crippen molar-refractivity contribution in [2.24, 2.45) is 0 Å². The fourth-order valence-electron chi connectivity index (χ4n) is 2.79. The van der Waals surface area contributed by atoms with Crippen LogP contribution in [0, 0.1) is 0 Å². The molecular formula is C19H30IN3O2. The van der Waals surface area contributed by atoms with Crippen LogP contribution in [0.3, 0.4) is 0 Å². The van der Waals surface area contributed by atoms with Crippen molar-refractivity contribution in [3.8, 4) is 0 Å². The third-order valence-corrected chi connectivity index (χ3v) is 3.93. The molecule has 1 aromatic carbocycles. The van der Waals surface area contributed by atoms with Gasteiger partial charge in [-0.15, -0.1) is 0 Å². The molecular weight excluding hydrogens is 429 g/mol. The van der Waals surface area contributed by atoms with Gasteiger partial charge in [0.05, 0.1) is 13.1 Å². The number of imidazole rings is 1. The predicted molar refractivity (Wildman–Crippen MR) is 96.0 cm³/mol. The van der Waals surface area contributed by atoms with Crippen LogP contribution in [-0.4, -0.2) is 22.8 Å². The number of alkyl carbamates (subject to hydrolysis) is 1. The van der Waals surface area contributed by atoms with Crippen molar-refractivity contribution in [1.82, 2.24) is 9.88 Å². The highest BCUT2D eigenvalue weighted by Gasteiger charge is 2.16. The number of rotatable bonds is 6. The zero-order chi connectivity index (χ0) is 17.7. The molecule has 5 nitrogen and oxygen atoms in total. The van der Waals surface area contributed by atoms with Crippen LogP contribution >= 0.6 is 0 Å². The molecule has 0 aliphatic heterocycles. The van der Waals surface area contributed by atoms with Gasteiger partial charge in [-0.3, -0.25) is 0 Å². The van der Waals surface area contributed by atoms with E-state index in [9.17, 15) is 4.79 Å². The Balaban J connectivity index is 0.00000312. The molecule has 1 heterocycles. The number of amides is 1. The van der Waals surface area contributed by atoms with E-state index in [4.69, 9.17) is 4.74 Å². The van der Waals surface area contributed by atoms with Gasteiger partial charge in [0, 0.05) is 6.54 Å². The fraction of sp³-hybridized carbons (Fsp3) is 0.579. The number of nitrogens with one attached hydrogen (secondary N) is 1. The van der Waals surface area contributed by atoms with Crippen LogP contribution in [0.15, 0.2) is 24.5 Å². The number of benzene rings is 1. The Morgan fingerprint density at radius 3 is 2.60 bits per heavy atom. The van der Waals surface area contributed by atoms with Crippen molar-refractivity contribution in [3.63, 3.8) is 0 Å². The number of nitrogens with zero attached hydrogens (tertiary/aromatic N) is 2. The largest absolute Gasteiger partial charge is 1.00 e. The third-order valence-electron chi connectivity index (χ3n) is 3.93. The molecule has 0 spiro atoms. The van der Waals surface area contributed by atoms with Crippen LogP contribution in [0.5, 0.6) is 0 Å². The SMILES string of the molecule is CCn1c[n+](CC)c2ccc(CCCNC(=O)OC(C)(C)C)cc21.[I-]. The molecule has 2 rings (SSSR count). The van der Waals surface area contributed by atoms with Crippen LogP contribution in [-0.2, 0) is 24.2 Å². The zero-order valence-corrected chi connectivity index (χ0v) is 18.1. The van der Waals surface area contributed by atoms with Crippen LogP contribution in [0.2, 0.25) is 0 Å². The van der Waals surface area contributed by atoms with Crippen molar-refractivity contribution in [1.29, 1.82) is 0 Å². The van der Waals surface area contributed by atoms with Gasteiger partial charge in [0.25, 0.3) is 0 Å². The topological polar surface area (TPSA) is 47.1 Å². The first-order valence-electron chi connectivity index (χ1n) is 8.82. The van der Waals surface area contributed by atoms with Crippen molar-refractivity contribution < 1.29 is 38.1 Å². The van der Waals surface area contributed by atoms with Crippen molar-refractivity contribution in [2.45, 2.75) is 66.2 Å². The summed E-state index contributed by atoms with van der Waals surface area (Å²) in [5.74, 6) is 0. The number of ether oxygens (including phenoxy) is 1. The number of halogens is 1. The summed E-state index contributed by atoms with van der Waals surface area (Å²) < 4.78 is 9.79. The van der Waals surface area contributed by atoms with Gasteiger partial charge in [-0.05, 0) is 65.2 Å². The minimum atomic E-state index is -0.449. The van der Waals surface area contributed by atoms with Crippen LogP contribution in [0.1, 0.15) is 46.6 Å². The quantitative estimate of drug-likeness (QED) is 0.387. The van der Waals surface area contributed by atoms with E-state index in [0.29, 0.717) is 6.54 Å². The number of aromatic nitrogens is 2. The monoisotopic (exact) mass is 459 g/mol. The second kappa shape index (κ2) is 9.40. The molecule has 1 N–H and O–H groups in total. The summed E-state index contributed by atoms with van der Waals surface area (Å²) in [6.45, 7) is 12.5. The van der Waals surface area contributed by atoms with Crippen LogP contribution in [0.25, 0.3) is 11.0 Å². The molecule has 6 heteroatoms. The molecule has 0 unspecified atom stereocenters. The van der Waals surface area contributed by atoms with E-state index in [1.807, 2.05) is 20.8 Å². The van der Waals surface area contributed by atoms with Crippen molar-refractivity contribution >= 4 is 17.1 Å². The van der Waals surface area contributed by atoms with E-state index < -0.39 is 5.60 Å². The summed E-state index contributed by atoms with van der Waals surface area (Å²) in [6.07, 6.45) is 3.66. The number of carbonyl (C=O) groups excluding carboxylic acids is 1. The molecule has 0 aliphatic carbocycles. The van der Waals surface area contributed by atoms with Gasteiger partial charge in [0.1, 0.15) is 5.60 Å². The average Bonchev–Trinajstić information content (AvgIpc) is 2.87. The highest BCUT2D eigenvalue weighted by atomic mass is 127. The van der Waals surface area contributed by atoms with Gasteiger partial charge in [0.2, 0.25) is 6.33 Å². The second-order valence-corrected chi connectivity index (χ2v) is 7.04. The maximum Gasteiger partial charge on any atom is 0.407 e. The minimum absolute atomic E-state index is 0. The molecule has 25 heavy (non-hydrogen) atoms. The highest BCUT2D eigenvalue weighted by Crippen LogP contribution is 2.15. The summed E-state index contributed by atoms with van der Waals surface area (Å²) in [5.41, 5.74) is 3.39. The summed E-state index contributed by atoms with van der Waals surface area (Å²) in [5, 5.41) is 2.81. The lowest BCUT2D eigenvalue weighted by atomic mass is 10.1. The Morgan fingerprint density at radius 2 is 2.00 bits per heavy atom. The van der Waals surface area contributed by atoms with E-state index in [2.05, 4.69) is 52.8 Å². The molecule has 0 saturated carbocycles. The molecule has 0 aliphatic rings. The Kier molecular flexibility index (Phi) is 8.18. The lowest BCUT2D eigenvalue weighted by Crippen LogP contribution is -3.00. The predicted octanol–water partition coefficient (Wildman–Crippen LogP) is 0.430. The van der Waals surface area contributed by atoms with E-state index in [0.717, 1.165) is 25.9 Å². The molecule has 1 aromatic heterocycles. The van der Waals surface area contributed by atoms with E-state index in [-0.39, 0.29) is 30.1 Å². The molecule has 0 bridgehead atoms. The maximum absolute atomic E-state index is 11.6. The van der Waals surface area contributed by atoms with Crippen LogP contribution in [0.4, 0.5) is 4.79 Å². The van der Waals surface area contributed by atoms with Gasteiger partial charge in [-0.2, -0.15) is 0 Å². The molecule has 140 valence electrons. The Bertz CT molecular complexity index is 704. The third kappa shape index (κ3) is 6.17. The molecule has 0 fully saturated rings.